The lowest BCUT2D eigenvalue weighted by atomic mass is 9.96. The van der Waals surface area contributed by atoms with Crippen molar-refractivity contribution in [3.8, 4) is 0 Å². The molecule has 1 heterocycles. The largest absolute Gasteiger partial charge is 0.322 e. The first-order chi connectivity index (χ1) is 12.7. The van der Waals surface area contributed by atoms with E-state index in [1.165, 1.54) is 17.4 Å². The summed E-state index contributed by atoms with van der Waals surface area (Å²) in [5.74, 6) is 0.112. The molecule has 1 amide bonds. The Kier molecular flexibility index (Phi) is 7.19. The Labute approximate surface area is 166 Å². The van der Waals surface area contributed by atoms with Gasteiger partial charge in [-0.3, -0.25) is 4.79 Å². The van der Waals surface area contributed by atoms with Crippen LogP contribution < -0.4 is 10.0 Å². The smallest absolute Gasteiger partial charge is 0.256 e. The number of sulfonamides is 1. The van der Waals surface area contributed by atoms with Gasteiger partial charge in [-0.15, -0.1) is 11.3 Å². The van der Waals surface area contributed by atoms with Crippen molar-refractivity contribution < 1.29 is 13.2 Å². The molecule has 0 aliphatic rings. The Balaban J connectivity index is 2.18. The van der Waals surface area contributed by atoms with E-state index in [-0.39, 0.29) is 16.8 Å². The zero-order chi connectivity index (χ0) is 20.2. The first-order valence-electron chi connectivity index (χ1n) is 9.18. The molecule has 0 saturated carbocycles. The van der Waals surface area contributed by atoms with Crippen LogP contribution in [0.1, 0.15) is 54.4 Å². The minimum atomic E-state index is -3.60. The fraction of sp³-hybridized carbons (Fsp3) is 0.450. The van der Waals surface area contributed by atoms with E-state index in [4.69, 9.17) is 0 Å². The standard InChI is InChI=1S/C20H28N2O3S2/c1-6-16(7-2)14(4)22-27(24,25)17-8-9-19(13(3)12-17)21-20(23)18-10-11-26-15(18)5/h8-12,14,16,22H,6-7H2,1-5H3,(H,21,23)/t14-/m1/s1. The van der Waals surface area contributed by atoms with Gasteiger partial charge in [-0.2, -0.15) is 0 Å². The highest BCUT2D eigenvalue weighted by molar-refractivity contribution is 7.89. The molecular formula is C20H28N2O3S2. The van der Waals surface area contributed by atoms with E-state index in [1.807, 2.05) is 19.2 Å². The SMILES string of the molecule is CCC(CC)[C@@H](C)NS(=O)(=O)c1ccc(NC(=O)c2ccsc2C)c(C)c1. The highest BCUT2D eigenvalue weighted by Gasteiger charge is 2.22. The molecule has 1 aromatic carbocycles. The molecule has 2 aromatic rings. The van der Waals surface area contributed by atoms with Crippen LogP contribution in [-0.4, -0.2) is 20.4 Å². The van der Waals surface area contributed by atoms with Gasteiger partial charge in [-0.25, -0.2) is 13.1 Å². The van der Waals surface area contributed by atoms with Gasteiger partial charge in [0.05, 0.1) is 10.5 Å². The van der Waals surface area contributed by atoms with Crippen LogP contribution in [0.15, 0.2) is 34.5 Å². The summed E-state index contributed by atoms with van der Waals surface area (Å²) < 4.78 is 28.2. The fourth-order valence-electron chi connectivity index (χ4n) is 3.16. The number of amides is 1. The number of hydrogen-bond donors (Lipinski definition) is 2. The number of aryl methyl sites for hydroxylation is 2. The van der Waals surface area contributed by atoms with Gasteiger partial charge in [0, 0.05) is 16.6 Å². The van der Waals surface area contributed by atoms with Gasteiger partial charge < -0.3 is 5.32 Å². The summed E-state index contributed by atoms with van der Waals surface area (Å²) >= 11 is 1.52. The summed E-state index contributed by atoms with van der Waals surface area (Å²) in [4.78, 5) is 13.5. The molecule has 0 aliphatic carbocycles. The molecule has 148 valence electrons. The molecule has 0 unspecified atom stereocenters. The monoisotopic (exact) mass is 408 g/mol. The number of nitrogens with one attached hydrogen (secondary N) is 2. The van der Waals surface area contributed by atoms with E-state index >= 15 is 0 Å². The Bertz CT molecular complexity index is 900. The molecular weight excluding hydrogens is 380 g/mol. The van der Waals surface area contributed by atoms with Crippen molar-refractivity contribution in [2.75, 3.05) is 5.32 Å². The van der Waals surface area contributed by atoms with Crippen LogP contribution in [0.2, 0.25) is 0 Å². The molecule has 2 rings (SSSR count). The maximum Gasteiger partial charge on any atom is 0.256 e. The molecule has 0 spiro atoms. The summed E-state index contributed by atoms with van der Waals surface area (Å²) in [5, 5.41) is 4.74. The molecule has 0 aliphatic heterocycles. The predicted molar refractivity (Wildman–Crippen MR) is 112 cm³/mol. The molecule has 1 aromatic heterocycles. The number of benzene rings is 1. The second-order valence-corrected chi connectivity index (χ2v) is 9.64. The summed E-state index contributed by atoms with van der Waals surface area (Å²) in [6, 6.07) is 6.42. The summed E-state index contributed by atoms with van der Waals surface area (Å²) in [6.45, 7) is 9.72. The van der Waals surface area contributed by atoms with Crippen LogP contribution >= 0.6 is 11.3 Å². The van der Waals surface area contributed by atoms with E-state index in [2.05, 4.69) is 23.9 Å². The van der Waals surface area contributed by atoms with Gasteiger partial charge in [0.2, 0.25) is 10.0 Å². The van der Waals surface area contributed by atoms with Gasteiger partial charge in [-0.05, 0) is 61.9 Å². The maximum absolute atomic E-state index is 12.7. The van der Waals surface area contributed by atoms with E-state index in [0.717, 1.165) is 17.7 Å². The Morgan fingerprint density at radius 3 is 2.33 bits per heavy atom. The average molecular weight is 409 g/mol. The summed E-state index contributed by atoms with van der Waals surface area (Å²) in [5.41, 5.74) is 1.95. The van der Waals surface area contributed by atoms with Gasteiger partial charge in [0.25, 0.3) is 5.91 Å². The number of carbonyl (C=O) groups is 1. The highest BCUT2D eigenvalue weighted by Crippen LogP contribution is 2.23. The van der Waals surface area contributed by atoms with E-state index < -0.39 is 10.0 Å². The summed E-state index contributed by atoms with van der Waals surface area (Å²) in [6.07, 6.45) is 1.85. The lowest BCUT2D eigenvalue weighted by molar-refractivity contribution is 0.102. The summed E-state index contributed by atoms with van der Waals surface area (Å²) in [7, 11) is -3.60. The van der Waals surface area contributed by atoms with Gasteiger partial charge in [0.1, 0.15) is 0 Å². The highest BCUT2D eigenvalue weighted by atomic mass is 32.2. The first kappa shape index (κ1) is 21.6. The second kappa shape index (κ2) is 8.99. The van der Waals surface area contributed by atoms with Crippen LogP contribution in [0.4, 0.5) is 5.69 Å². The first-order valence-corrected chi connectivity index (χ1v) is 11.5. The molecule has 7 heteroatoms. The quantitative estimate of drug-likeness (QED) is 0.663. The van der Waals surface area contributed by atoms with E-state index in [1.54, 1.807) is 25.1 Å². The third-order valence-electron chi connectivity index (χ3n) is 4.96. The van der Waals surface area contributed by atoms with Crippen molar-refractivity contribution in [3.05, 3.63) is 45.6 Å². The maximum atomic E-state index is 12.7. The molecule has 5 nitrogen and oxygen atoms in total. The zero-order valence-corrected chi connectivity index (χ0v) is 18.1. The molecule has 2 N–H and O–H groups in total. The fourth-order valence-corrected chi connectivity index (χ4v) is 5.25. The zero-order valence-electron chi connectivity index (χ0n) is 16.5. The Hall–Kier alpha value is -1.70. The van der Waals surface area contributed by atoms with Crippen molar-refractivity contribution in [2.24, 2.45) is 5.92 Å². The number of carbonyl (C=O) groups excluding carboxylic acids is 1. The number of hydrogen-bond acceptors (Lipinski definition) is 4. The van der Waals surface area contributed by atoms with E-state index in [9.17, 15) is 13.2 Å². The molecule has 0 radical (unpaired) electrons. The van der Waals surface area contributed by atoms with Crippen molar-refractivity contribution >= 4 is 33.0 Å². The molecule has 0 bridgehead atoms. The van der Waals surface area contributed by atoms with Crippen molar-refractivity contribution in [2.45, 2.75) is 58.4 Å². The van der Waals surface area contributed by atoms with Crippen LogP contribution in [0.25, 0.3) is 0 Å². The Morgan fingerprint density at radius 2 is 1.81 bits per heavy atom. The lowest BCUT2D eigenvalue weighted by Crippen LogP contribution is -2.37. The third-order valence-corrected chi connectivity index (χ3v) is 7.36. The third kappa shape index (κ3) is 5.18. The van der Waals surface area contributed by atoms with Crippen LogP contribution in [0.3, 0.4) is 0 Å². The molecule has 0 fully saturated rings. The van der Waals surface area contributed by atoms with Gasteiger partial charge in [0.15, 0.2) is 0 Å². The molecule has 1 atom stereocenters. The van der Waals surface area contributed by atoms with Gasteiger partial charge >= 0.3 is 0 Å². The second-order valence-electron chi connectivity index (χ2n) is 6.81. The van der Waals surface area contributed by atoms with E-state index in [0.29, 0.717) is 22.7 Å². The minimum absolute atomic E-state index is 0.133. The lowest BCUT2D eigenvalue weighted by Gasteiger charge is -2.22. The van der Waals surface area contributed by atoms with Crippen LogP contribution in [0.5, 0.6) is 0 Å². The average Bonchev–Trinajstić information content (AvgIpc) is 3.03. The molecule has 27 heavy (non-hydrogen) atoms. The number of rotatable bonds is 8. The topological polar surface area (TPSA) is 75.3 Å². The van der Waals surface area contributed by atoms with Crippen LogP contribution in [-0.2, 0) is 10.0 Å². The minimum Gasteiger partial charge on any atom is -0.322 e. The predicted octanol–water partition coefficient (Wildman–Crippen LogP) is 4.72. The van der Waals surface area contributed by atoms with Crippen molar-refractivity contribution in [3.63, 3.8) is 0 Å². The Morgan fingerprint density at radius 1 is 1.15 bits per heavy atom. The van der Waals surface area contributed by atoms with Crippen molar-refractivity contribution in [1.29, 1.82) is 0 Å². The van der Waals surface area contributed by atoms with Gasteiger partial charge in [-0.1, -0.05) is 26.7 Å². The number of anilines is 1. The normalized spacial score (nSPS) is 13.0. The van der Waals surface area contributed by atoms with Crippen LogP contribution in [0, 0.1) is 19.8 Å². The molecule has 0 saturated heterocycles. The van der Waals surface area contributed by atoms with Crippen molar-refractivity contribution in [1.82, 2.24) is 4.72 Å². The number of thiophene rings is 1.